The van der Waals surface area contributed by atoms with Crippen LogP contribution in [-0.2, 0) is 4.84 Å². The van der Waals surface area contributed by atoms with Crippen LogP contribution >= 0.6 is 0 Å². The first kappa shape index (κ1) is 10.4. The molecule has 84 valence electrons. The van der Waals surface area contributed by atoms with Gasteiger partial charge in [-0.3, -0.25) is 20.4 Å². The molecule has 0 fully saturated rings. The van der Waals surface area contributed by atoms with E-state index in [0.717, 1.165) is 0 Å². The largest absolute Gasteiger partial charge is 0.483 e. The Kier molecular flexibility index (Phi) is 2.69. The molecule has 1 aliphatic heterocycles. The standard InChI is InChI=1S/C9H9N3O4/c1-15-11-9-5-16-8-4-6(12(13)14)2-3-7(8)10-9/h2-4H,5H2,1H3,(H,10,11). The zero-order chi connectivity index (χ0) is 11.5. The Morgan fingerprint density at radius 3 is 3.12 bits per heavy atom. The Morgan fingerprint density at radius 1 is 1.62 bits per heavy atom. The topological polar surface area (TPSA) is 86.0 Å². The van der Waals surface area contributed by atoms with Crippen molar-refractivity contribution in [1.82, 2.24) is 5.48 Å². The van der Waals surface area contributed by atoms with E-state index in [9.17, 15) is 10.1 Å². The van der Waals surface area contributed by atoms with Gasteiger partial charge in [0.1, 0.15) is 12.3 Å². The van der Waals surface area contributed by atoms with Gasteiger partial charge in [-0.15, -0.1) is 0 Å². The Hall–Kier alpha value is -2.15. The zero-order valence-corrected chi connectivity index (χ0v) is 8.47. The number of nitrogens with zero attached hydrogens (tertiary/aromatic N) is 2. The molecule has 1 heterocycles. The summed E-state index contributed by atoms with van der Waals surface area (Å²) >= 11 is 0. The molecular formula is C9H9N3O4. The second-order valence-corrected chi connectivity index (χ2v) is 3.06. The third-order valence-electron chi connectivity index (χ3n) is 1.99. The molecule has 0 saturated carbocycles. The molecule has 0 bridgehead atoms. The van der Waals surface area contributed by atoms with E-state index in [2.05, 4.69) is 15.3 Å². The molecule has 1 aliphatic rings. The first-order chi connectivity index (χ1) is 7.70. The maximum atomic E-state index is 10.5. The number of fused-ring (bicyclic) bond motifs is 1. The van der Waals surface area contributed by atoms with Gasteiger partial charge in [0.2, 0.25) is 0 Å². The molecule has 0 unspecified atom stereocenters. The number of amidine groups is 1. The van der Waals surface area contributed by atoms with Crippen molar-refractivity contribution >= 4 is 17.2 Å². The van der Waals surface area contributed by atoms with Crippen molar-refractivity contribution in [2.75, 3.05) is 13.7 Å². The van der Waals surface area contributed by atoms with Gasteiger partial charge in [-0.05, 0) is 6.07 Å². The lowest BCUT2D eigenvalue weighted by Gasteiger charge is -2.16. The van der Waals surface area contributed by atoms with Crippen LogP contribution in [0.15, 0.2) is 23.2 Å². The van der Waals surface area contributed by atoms with Crippen LogP contribution in [0.25, 0.3) is 0 Å². The number of nitrogens with one attached hydrogen (secondary N) is 1. The Bertz CT molecular complexity index is 458. The number of aliphatic imine (C=N–C) groups is 1. The van der Waals surface area contributed by atoms with Gasteiger partial charge in [-0.25, -0.2) is 4.99 Å². The first-order valence-electron chi connectivity index (χ1n) is 4.48. The quantitative estimate of drug-likeness (QED) is 0.600. The van der Waals surface area contributed by atoms with Crippen molar-refractivity contribution in [2.24, 2.45) is 4.99 Å². The number of non-ortho nitro benzene ring substituents is 1. The SMILES string of the molecule is CONC1=Nc2ccc([N+](=O)[O-])cc2OC1. The summed E-state index contributed by atoms with van der Waals surface area (Å²) in [6.07, 6.45) is 0. The third-order valence-corrected chi connectivity index (χ3v) is 1.99. The summed E-state index contributed by atoms with van der Waals surface area (Å²) in [7, 11) is 1.47. The smallest absolute Gasteiger partial charge is 0.273 e. The number of benzene rings is 1. The van der Waals surface area contributed by atoms with E-state index in [1.54, 1.807) is 0 Å². The molecule has 1 aromatic carbocycles. The van der Waals surface area contributed by atoms with Gasteiger partial charge in [-0.1, -0.05) is 0 Å². The van der Waals surface area contributed by atoms with Crippen LogP contribution in [0.3, 0.4) is 0 Å². The molecule has 0 amide bonds. The number of rotatable bonds is 2. The average molecular weight is 223 g/mol. The molecule has 2 rings (SSSR count). The van der Waals surface area contributed by atoms with Gasteiger partial charge in [0.15, 0.2) is 11.6 Å². The fourth-order valence-corrected chi connectivity index (χ4v) is 1.32. The minimum Gasteiger partial charge on any atom is -0.483 e. The van der Waals surface area contributed by atoms with Crippen molar-refractivity contribution in [3.8, 4) is 5.75 Å². The van der Waals surface area contributed by atoms with E-state index in [-0.39, 0.29) is 12.3 Å². The van der Waals surface area contributed by atoms with Crippen LogP contribution in [0.1, 0.15) is 0 Å². The van der Waals surface area contributed by atoms with Crippen LogP contribution in [0, 0.1) is 10.1 Å². The first-order valence-corrected chi connectivity index (χ1v) is 4.48. The van der Waals surface area contributed by atoms with Crippen LogP contribution in [0.5, 0.6) is 5.75 Å². The van der Waals surface area contributed by atoms with Crippen LogP contribution < -0.4 is 10.2 Å². The van der Waals surface area contributed by atoms with Gasteiger partial charge in [0.25, 0.3) is 5.69 Å². The fourth-order valence-electron chi connectivity index (χ4n) is 1.32. The number of nitro groups is 1. The van der Waals surface area contributed by atoms with Crippen LogP contribution in [0.2, 0.25) is 0 Å². The van der Waals surface area contributed by atoms with Crippen molar-refractivity contribution in [3.63, 3.8) is 0 Å². The zero-order valence-electron chi connectivity index (χ0n) is 8.47. The van der Waals surface area contributed by atoms with E-state index in [4.69, 9.17) is 4.74 Å². The van der Waals surface area contributed by atoms with E-state index >= 15 is 0 Å². The molecule has 7 heteroatoms. The minimum absolute atomic E-state index is 0.0166. The number of ether oxygens (including phenoxy) is 1. The number of hydrogen-bond donors (Lipinski definition) is 1. The summed E-state index contributed by atoms with van der Waals surface area (Å²) in [5, 5.41) is 10.5. The summed E-state index contributed by atoms with van der Waals surface area (Å²) in [5.41, 5.74) is 3.08. The second kappa shape index (κ2) is 4.15. The number of hydroxylamine groups is 1. The van der Waals surface area contributed by atoms with Crippen LogP contribution in [0.4, 0.5) is 11.4 Å². The van der Waals surface area contributed by atoms with E-state index in [0.29, 0.717) is 17.3 Å². The van der Waals surface area contributed by atoms with Gasteiger partial charge in [-0.2, -0.15) is 0 Å². The molecule has 0 aromatic heterocycles. The Labute approximate surface area is 90.8 Å². The summed E-state index contributed by atoms with van der Waals surface area (Å²) in [6, 6.07) is 4.26. The highest BCUT2D eigenvalue weighted by molar-refractivity contribution is 5.88. The van der Waals surface area contributed by atoms with Gasteiger partial charge in [0.05, 0.1) is 18.1 Å². The lowest BCUT2D eigenvalue weighted by Crippen LogP contribution is -2.29. The van der Waals surface area contributed by atoms with Crippen molar-refractivity contribution in [2.45, 2.75) is 0 Å². The minimum atomic E-state index is -0.476. The highest BCUT2D eigenvalue weighted by Crippen LogP contribution is 2.33. The lowest BCUT2D eigenvalue weighted by molar-refractivity contribution is -0.384. The molecule has 7 nitrogen and oxygen atoms in total. The van der Waals surface area contributed by atoms with Crippen molar-refractivity contribution in [3.05, 3.63) is 28.3 Å². The molecule has 1 aromatic rings. The average Bonchev–Trinajstić information content (AvgIpc) is 2.28. The lowest BCUT2D eigenvalue weighted by atomic mass is 10.2. The van der Waals surface area contributed by atoms with Gasteiger partial charge < -0.3 is 4.74 Å². The summed E-state index contributed by atoms with van der Waals surface area (Å²) in [4.78, 5) is 18.9. The summed E-state index contributed by atoms with van der Waals surface area (Å²) in [5.74, 6) is 0.916. The molecule has 0 saturated heterocycles. The predicted octanol–water partition coefficient (Wildman–Crippen LogP) is 1.17. The molecule has 0 aliphatic carbocycles. The van der Waals surface area contributed by atoms with Crippen LogP contribution in [-0.4, -0.2) is 24.5 Å². The van der Waals surface area contributed by atoms with E-state index in [1.165, 1.54) is 25.3 Å². The summed E-state index contributed by atoms with van der Waals surface area (Å²) in [6.45, 7) is 0.196. The monoisotopic (exact) mass is 223 g/mol. The molecule has 1 N–H and O–H groups in total. The highest BCUT2D eigenvalue weighted by atomic mass is 16.6. The highest BCUT2D eigenvalue weighted by Gasteiger charge is 2.16. The van der Waals surface area contributed by atoms with E-state index in [1.807, 2.05) is 0 Å². The third kappa shape index (κ3) is 1.94. The Morgan fingerprint density at radius 2 is 2.44 bits per heavy atom. The fraction of sp³-hybridized carbons (Fsp3) is 0.222. The molecule has 0 spiro atoms. The number of hydrogen-bond acceptors (Lipinski definition) is 6. The maximum absolute atomic E-state index is 10.5. The van der Waals surface area contributed by atoms with Crippen molar-refractivity contribution < 1.29 is 14.5 Å². The Balaban J connectivity index is 2.32. The van der Waals surface area contributed by atoms with Crippen molar-refractivity contribution in [1.29, 1.82) is 0 Å². The van der Waals surface area contributed by atoms with Gasteiger partial charge >= 0.3 is 0 Å². The molecule has 0 radical (unpaired) electrons. The number of nitro benzene ring substituents is 1. The summed E-state index contributed by atoms with van der Waals surface area (Å²) < 4.78 is 5.30. The molecule has 0 atom stereocenters. The molecular weight excluding hydrogens is 214 g/mol. The van der Waals surface area contributed by atoms with Gasteiger partial charge in [0, 0.05) is 6.07 Å². The predicted molar refractivity (Wildman–Crippen MR) is 55.8 cm³/mol. The van der Waals surface area contributed by atoms with E-state index < -0.39 is 4.92 Å². The molecule has 16 heavy (non-hydrogen) atoms. The maximum Gasteiger partial charge on any atom is 0.273 e. The normalized spacial score (nSPS) is 13.4. The second-order valence-electron chi connectivity index (χ2n) is 3.06.